The van der Waals surface area contributed by atoms with Crippen molar-refractivity contribution >= 4 is 13.1 Å². The summed E-state index contributed by atoms with van der Waals surface area (Å²) < 4.78 is 17.6. The van der Waals surface area contributed by atoms with Crippen LogP contribution in [0.5, 0.6) is 0 Å². The molecule has 0 aromatic carbocycles. The van der Waals surface area contributed by atoms with Crippen LogP contribution in [-0.4, -0.2) is 29.9 Å². The van der Waals surface area contributed by atoms with Crippen LogP contribution >= 0.6 is 0 Å². The maximum atomic E-state index is 11.9. The molecule has 1 fully saturated rings. The van der Waals surface area contributed by atoms with Gasteiger partial charge in [0.05, 0.1) is 11.2 Å². The van der Waals surface area contributed by atoms with Crippen LogP contribution < -0.4 is 0 Å². The Morgan fingerprint density at radius 2 is 1.61 bits per heavy atom. The molecule has 0 bridgehead atoms. The van der Waals surface area contributed by atoms with Crippen molar-refractivity contribution in [1.82, 2.24) is 0 Å². The highest BCUT2D eigenvalue weighted by atomic mass is 16.7. The molecule has 0 aliphatic carbocycles. The van der Waals surface area contributed by atoms with Crippen molar-refractivity contribution in [1.29, 1.82) is 0 Å². The fourth-order valence-corrected chi connectivity index (χ4v) is 2.20. The van der Waals surface area contributed by atoms with Gasteiger partial charge in [0.15, 0.2) is 0 Å². The fourth-order valence-electron chi connectivity index (χ4n) is 2.20. The summed E-state index contributed by atoms with van der Waals surface area (Å²) in [5.41, 5.74) is -0.215. The van der Waals surface area contributed by atoms with E-state index in [9.17, 15) is 4.79 Å². The van der Waals surface area contributed by atoms with E-state index in [0.29, 0.717) is 0 Å². The van der Waals surface area contributed by atoms with Gasteiger partial charge in [-0.25, -0.2) is 4.79 Å². The molecular formula is C18H31BO4. The maximum Gasteiger partial charge on any atom is 0.469 e. The first-order chi connectivity index (χ1) is 10.3. The molecule has 130 valence electrons. The molecule has 0 amide bonds. The monoisotopic (exact) mass is 322 g/mol. The van der Waals surface area contributed by atoms with Crippen LogP contribution in [0.15, 0.2) is 23.8 Å². The van der Waals surface area contributed by atoms with E-state index in [1.807, 2.05) is 74.5 Å². The summed E-state index contributed by atoms with van der Waals surface area (Å²) in [5, 5.41) is 0. The summed E-state index contributed by atoms with van der Waals surface area (Å²) >= 11 is 0. The average molecular weight is 322 g/mol. The molecule has 0 saturated carbocycles. The summed E-state index contributed by atoms with van der Waals surface area (Å²) in [7, 11) is -0.421. The molecule has 1 unspecified atom stereocenters. The zero-order valence-corrected chi connectivity index (χ0v) is 16.0. The van der Waals surface area contributed by atoms with E-state index in [1.165, 1.54) is 6.08 Å². The quantitative estimate of drug-likeness (QED) is 0.335. The number of allylic oxidation sites excluding steroid dienone is 3. The zero-order valence-electron chi connectivity index (χ0n) is 16.0. The molecule has 1 heterocycles. The van der Waals surface area contributed by atoms with Gasteiger partial charge in [-0.15, -0.1) is 0 Å². The highest BCUT2D eigenvalue weighted by molar-refractivity contribution is 6.49. The first kappa shape index (κ1) is 20.0. The van der Waals surface area contributed by atoms with Crippen molar-refractivity contribution < 1.29 is 18.8 Å². The molecule has 4 nitrogen and oxygen atoms in total. The van der Waals surface area contributed by atoms with Crippen LogP contribution in [0, 0.1) is 0 Å². The summed E-state index contributed by atoms with van der Waals surface area (Å²) in [6, 6.07) is 0. The Morgan fingerprint density at radius 3 is 2.00 bits per heavy atom. The molecule has 1 aliphatic heterocycles. The molecule has 0 aromatic heterocycles. The van der Waals surface area contributed by atoms with E-state index in [4.69, 9.17) is 14.0 Å². The number of carbonyl (C=O) groups excluding carboxylic acids is 1. The fraction of sp³-hybridized carbons (Fsp3) is 0.722. The second-order valence-electron chi connectivity index (χ2n) is 8.08. The Bertz CT molecular complexity index is 482. The van der Waals surface area contributed by atoms with E-state index < -0.39 is 23.9 Å². The van der Waals surface area contributed by atoms with Crippen LogP contribution in [0.3, 0.4) is 0 Å². The molecule has 5 heteroatoms. The smallest absolute Gasteiger partial charge is 0.457 e. The molecule has 23 heavy (non-hydrogen) atoms. The van der Waals surface area contributed by atoms with Gasteiger partial charge in [-0.3, -0.25) is 0 Å². The predicted octanol–water partition coefficient (Wildman–Crippen LogP) is 4.31. The lowest BCUT2D eigenvalue weighted by Crippen LogP contribution is -2.41. The van der Waals surface area contributed by atoms with Gasteiger partial charge >= 0.3 is 13.1 Å². The number of hydrogen-bond acceptors (Lipinski definition) is 4. The summed E-state index contributed by atoms with van der Waals surface area (Å²) in [6.45, 7) is 17.6. The van der Waals surface area contributed by atoms with Crippen LogP contribution in [0.1, 0.15) is 62.3 Å². The van der Waals surface area contributed by atoms with Gasteiger partial charge in [-0.2, -0.15) is 0 Å². The second-order valence-corrected chi connectivity index (χ2v) is 8.08. The topological polar surface area (TPSA) is 44.8 Å². The van der Waals surface area contributed by atoms with Crippen LogP contribution in [-0.2, 0) is 18.8 Å². The number of esters is 1. The van der Waals surface area contributed by atoms with Crippen molar-refractivity contribution in [3.05, 3.63) is 23.8 Å². The lowest BCUT2D eigenvalue weighted by Gasteiger charge is -2.32. The summed E-state index contributed by atoms with van der Waals surface area (Å²) in [4.78, 5) is 11.9. The second kappa shape index (κ2) is 6.82. The van der Waals surface area contributed by atoms with E-state index in [1.54, 1.807) is 0 Å². The summed E-state index contributed by atoms with van der Waals surface area (Å²) in [5.74, 6) is -0.489. The van der Waals surface area contributed by atoms with E-state index in [-0.39, 0.29) is 11.8 Å². The molecule has 1 saturated heterocycles. The lowest BCUT2D eigenvalue weighted by molar-refractivity contribution is -0.148. The van der Waals surface area contributed by atoms with Crippen molar-refractivity contribution in [2.45, 2.75) is 84.9 Å². The zero-order chi connectivity index (χ0) is 18.1. The SMILES string of the molecule is C/C=C(\C)C(/C=C/C(=O)OC(C)(C)C)B1OC(C)(C)C(C)(C)O1. The normalized spacial score (nSPS) is 22.5. The highest BCUT2D eigenvalue weighted by Crippen LogP contribution is 2.42. The maximum absolute atomic E-state index is 11.9. The standard InChI is InChI=1S/C18H31BO4/c1-10-13(2)14(11-12-15(20)21-16(3,4)5)19-22-17(6,7)18(8,9)23-19/h10-12,14H,1-9H3/b12-11+,13-10+. The first-order valence-corrected chi connectivity index (χ1v) is 8.19. The largest absolute Gasteiger partial charge is 0.469 e. The van der Waals surface area contributed by atoms with Gasteiger partial charge in [-0.05, 0) is 62.3 Å². The van der Waals surface area contributed by atoms with Crippen LogP contribution in [0.4, 0.5) is 0 Å². The minimum Gasteiger partial charge on any atom is -0.457 e. The Labute approximate surface area is 141 Å². The van der Waals surface area contributed by atoms with Gasteiger partial charge in [-0.1, -0.05) is 17.7 Å². The molecule has 1 aliphatic rings. The van der Waals surface area contributed by atoms with Gasteiger partial charge in [0.1, 0.15) is 5.60 Å². The third-order valence-electron chi connectivity index (χ3n) is 4.39. The Balaban J connectivity index is 2.94. The van der Waals surface area contributed by atoms with Crippen LogP contribution in [0.25, 0.3) is 0 Å². The highest BCUT2D eigenvalue weighted by Gasteiger charge is 2.53. The van der Waals surface area contributed by atoms with Crippen molar-refractivity contribution in [3.8, 4) is 0 Å². The molecule has 0 radical (unpaired) electrons. The van der Waals surface area contributed by atoms with E-state index in [2.05, 4.69) is 0 Å². The number of rotatable bonds is 4. The Hall–Kier alpha value is -1.07. The number of ether oxygens (including phenoxy) is 1. The van der Waals surface area contributed by atoms with E-state index >= 15 is 0 Å². The Kier molecular flexibility index (Phi) is 5.92. The minimum atomic E-state index is -0.503. The third kappa shape index (κ3) is 5.22. The van der Waals surface area contributed by atoms with E-state index in [0.717, 1.165) is 5.57 Å². The molecule has 0 N–H and O–H groups in total. The van der Waals surface area contributed by atoms with Gasteiger partial charge < -0.3 is 14.0 Å². The molecule has 1 rings (SSSR count). The van der Waals surface area contributed by atoms with Crippen molar-refractivity contribution in [3.63, 3.8) is 0 Å². The molecular weight excluding hydrogens is 291 g/mol. The molecule has 0 spiro atoms. The first-order valence-electron chi connectivity index (χ1n) is 8.19. The van der Waals surface area contributed by atoms with Gasteiger partial charge in [0.25, 0.3) is 0 Å². The lowest BCUT2D eigenvalue weighted by atomic mass is 9.67. The molecule has 0 aromatic rings. The predicted molar refractivity (Wildman–Crippen MR) is 94.2 cm³/mol. The molecule has 1 atom stereocenters. The summed E-state index contributed by atoms with van der Waals surface area (Å²) in [6.07, 6.45) is 5.29. The van der Waals surface area contributed by atoms with Gasteiger partial charge in [0.2, 0.25) is 0 Å². The minimum absolute atomic E-state index is 0.131. The third-order valence-corrected chi connectivity index (χ3v) is 4.39. The number of carbonyl (C=O) groups is 1. The van der Waals surface area contributed by atoms with Crippen molar-refractivity contribution in [2.75, 3.05) is 0 Å². The van der Waals surface area contributed by atoms with Crippen molar-refractivity contribution in [2.24, 2.45) is 0 Å². The van der Waals surface area contributed by atoms with Gasteiger partial charge in [0, 0.05) is 11.9 Å². The average Bonchev–Trinajstić information content (AvgIpc) is 2.55. The Morgan fingerprint density at radius 1 is 1.13 bits per heavy atom. The van der Waals surface area contributed by atoms with Crippen LogP contribution in [0.2, 0.25) is 5.82 Å². The number of hydrogen-bond donors (Lipinski definition) is 0.